The summed E-state index contributed by atoms with van der Waals surface area (Å²) in [5.41, 5.74) is 6.59. The second-order valence-electron chi connectivity index (χ2n) is 9.01. The Hall–Kier alpha value is 0.293. The standard InChI is InChI=1S/C22H29.C3H6.2ClH.Zr/c1-13-14(2)16(4)22(15(13)3)20-11-7-10-19-18-9-6-5-8-17(18)12-21(19)20;1-3-2;;;/h5-6,8-9,12,15,17-21H,7,10-11H2,1-4H3;1-2H3;2*1H;/q-1;;;;+2/p-2. The third-order valence-electron chi connectivity index (χ3n) is 7.28. The summed E-state index contributed by atoms with van der Waals surface area (Å²) < 4.78 is 1.51. The minimum absolute atomic E-state index is 0. The Morgan fingerprint density at radius 2 is 1.61 bits per heavy atom. The fraction of sp³-hybridized carbons (Fsp3) is 0.600. The van der Waals surface area contributed by atoms with Gasteiger partial charge in [-0.2, -0.15) is 5.92 Å². The van der Waals surface area contributed by atoms with Crippen LogP contribution in [0, 0.1) is 41.9 Å². The van der Waals surface area contributed by atoms with Crippen LogP contribution in [-0.2, 0) is 24.2 Å². The van der Waals surface area contributed by atoms with Crippen molar-refractivity contribution in [3.05, 3.63) is 53.0 Å². The molecule has 0 heterocycles. The maximum Gasteiger partial charge on any atom is -1.00 e. The molecule has 28 heavy (non-hydrogen) atoms. The molecule has 0 bridgehead atoms. The van der Waals surface area contributed by atoms with Gasteiger partial charge in [0.15, 0.2) is 0 Å². The second-order valence-corrected chi connectivity index (χ2v) is 11.5. The van der Waals surface area contributed by atoms with E-state index in [2.05, 4.69) is 72.3 Å². The molecule has 0 aliphatic heterocycles. The van der Waals surface area contributed by atoms with Gasteiger partial charge < -0.3 is 31.2 Å². The fourth-order valence-corrected chi connectivity index (χ4v) is 5.86. The van der Waals surface area contributed by atoms with Crippen molar-refractivity contribution in [2.75, 3.05) is 0 Å². The van der Waals surface area contributed by atoms with Gasteiger partial charge in [-0.05, 0) is 56.1 Å². The van der Waals surface area contributed by atoms with Crippen LogP contribution in [0.3, 0.4) is 0 Å². The van der Waals surface area contributed by atoms with Gasteiger partial charge in [0.25, 0.3) is 0 Å². The normalized spacial score (nSPS) is 35.4. The molecular weight excluding hydrogens is 462 g/mol. The van der Waals surface area contributed by atoms with Gasteiger partial charge in [-0.25, -0.2) is 0 Å². The van der Waals surface area contributed by atoms with Gasteiger partial charge in [-0.1, -0.05) is 55.1 Å². The van der Waals surface area contributed by atoms with Crippen LogP contribution in [0.5, 0.6) is 0 Å². The van der Waals surface area contributed by atoms with Crippen LogP contribution in [0.2, 0.25) is 0 Å². The first-order chi connectivity index (χ1) is 12.3. The van der Waals surface area contributed by atoms with Gasteiger partial charge in [-0.3, -0.25) is 0 Å². The maximum absolute atomic E-state index is 2.72. The van der Waals surface area contributed by atoms with Gasteiger partial charge in [0.2, 0.25) is 0 Å². The molecule has 0 nitrogen and oxygen atoms in total. The van der Waals surface area contributed by atoms with E-state index in [1.54, 1.807) is 46.5 Å². The zero-order chi connectivity index (χ0) is 19.0. The molecule has 4 aliphatic carbocycles. The van der Waals surface area contributed by atoms with Crippen molar-refractivity contribution in [1.29, 1.82) is 0 Å². The van der Waals surface area contributed by atoms with Crippen LogP contribution in [0.15, 0.2) is 46.6 Å². The van der Waals surface area contributed by atoms with Gasteiger partial charge in [-0.15, -0.1) is 12.0 Å². The number of fused-ring (bicyclic) bond motifs is 3. The monoisotopic (exact) mass is 495 g/mol. The molecule has 0 N–H and O–H groups in total. The van der Waals surface area contributed by atoms with E-state index in [4.69, 9.17) is 0 Å². The van der Waals surface area contributed by atoms with Crippen LogP contribution in [-0.4, -0.2) is 3.21 Å². The topological polar surface area (TPSA) is 0 Å². The van der Waals surface area contributed by atoms with E-state index >= 15 is 0 Å². The van der Waals surface area contributed by atoms with Crippen molar-refractivity contribution in [1.82, 2.24) is 0 Å². The molecule has 2 fully saturated rings. The summed E-state index contributed by atoms with van der Waals surface area (Å²) >= 11 is 1.55. The number of allylic oxidation sites excluding steroid dienone is 8. The van der Waals surface area contributed by atoms with Crippen molar-refractivity contribution in [3.8, 4) is 0 Å². The number of rotatable bonds is 1. The first-order valence-electron chi connectivity index (χ1n) is 10.4. The largest absolute Gasteiger partial charge is 1.00 e. The summed E-state index contributed by atoms with van der Waals surface area (Å²) in [5.74, 6) is 4.65. The van der Waals surface area contributed by atoms with E-state index in [0.29, 0.717) is 11.8 Å². The predicted molar refractivity (Wildman–Crippen MR) is 110 cm³/mol. The Morgan fingerprint density at radius 1 is 1.00 bits per heavy atom. The Bertz CT molecular complexity index is 693. The minimum atomic E-state index is 0. The zero-order valence-electron chi connectivity index (χ0n) is 18.2. The van der Waals surface area contributed by atoms with Gasteiger partial charge in [0.05, 0.1) is 0 Å². The molecule has 154 valence electrons. The Balaban J connectivity index is 0.000000601. The molecule has 0 saturated heterocycles. The maximum atomic E-state index is 2.72. The fourth-order valence-electron chi connectivity index (χ4n) is 5.86. The molecule has 6 atom stereocenters. The van der Waals surface area contributed by atoms with E-state index in [1.165, 1.54) is 22.5 Å². The number of hydrogen-bond donors (Lipinski definition) is 0. The quantitative estimate of drug-likeness (QED) is 0.467. The van der Waals surface area contributed by atoms with Crippen LogP contribution >= 0.6 is 0 Å². The van der Waals surface area contributed by atoms with Crippen LogP contribution in [0.25, 0.3) is 0 Å². The summed E-state index contributed by atoms with van der Waals surface area (Å²) in [7, 11) is 0. The van der Waals surface area contributed by atoms with E-state index < -0.39 is 0 Å². The number of hydrogen-bond acceptors (Lipinski definition) is 0. The zero-order valence-corrected chi connectivity index (χ0v) is 22.2. The van der Waals surface area contributed by atoms with Gasteiger partial charge >= 0.3 is 41.3 Å². The molecule has 0 spiro atoms. The summed E-state index contributed by atoms with van der Waals surface area (Å²) in [5, 5.41) is 0. The first-order valence-corrected chi connectivity index (χ1v) is 11.7. The molecule has 0 aromatic rings. The van der Waals surface area contributed by atoms with Crippen molar-refractivity contribution in [3.63, 3.8) is 0 Å². The van der Waals surface area contributed by atoms with Crippen LogP contribution in [0.1, 0.15) is 60.8 Å². The Morgan fingerprint density at radius 3 is 2.18 bits per heavy atom. The molecule has 4 rings (SSSR count). The third kappa shape index (κ3) is 5.12. The SMILES string of the molecule is CC1=C(C)C(C)C(C2CCCC3C4C=CC=CC4[CH-]C23)=C1C.C[C](C)=[Zr+2].[Cl-].[Cl-]. The second kappa shape index (κ2) is 11.1. The van der Waals surface area contributed by atoms with Crippen LogP contribution < -0.4 is 24.8 Å². The minimum Gasteiger partial charge on any atom is -1.00 e. The molecule has 0 aromatic heterocycles. The summed E-state index contributed by atoms with van der Waals surface area (Å²) in [6.45, 7) is 13.7. The summed E-state index contributed by atoms with van der Waals surface area (Å²) in [6, 6.07) is 0. The van der Waals surface area contributed by atoms with E-state index in [-0.39, 0.29) is 24.8 Å². The average Bonchev–Trinajstić information content (AvgIpc) is 3.07. The van der Waals surface area contributed by atoms with Crippen molar-refractivity contribution in [2.24, 2.45) is 35.5 Å². The smallest absolute Gasteiger partial charge is 1.00 e. The molecule has 0 radical (unpaired) electrons. The Labute approximate surface area is 200 Å². The average molecular weight is 498 g/mol. The molecule has 4 aliphatic rings. The van der Waals surface area contributed by atoms with E-state index in [0.717, 1.165) is 23.7 Å². The van der Waals surface area contributed by atoms with E-state index in [1.807, 2.05) is 0 Å². The Kier molecular flexibility index (Phi) is 10.4. The molecule has 3 heteroatoms. The molecule has 2 saturated carbocycles. The van der Waals surface area contributed by atoms with E-state index in [9.17, 15) is 0 Å². The first kappa shape index (κ1) is 26.3. The molecular formula is C25H35Cl2Zr-. The third-order valence-corrected chi connectivity index (χ3v) is 7.28. The van der Waals surface area contributed by atoms with Crippen molar-refractivity contribution >= 4 is 3.21 Å². The molecule has 0 amide bonds. The summed E-state index contributed by atoms with van der Waals surface area (Å²) in [4.78, 5) is 0. The van der Waals surface area contributed by atoms with Crippen molar-refractivity contribution < 1.29 is 49.0 Å². The van der Waals surface area contributed by atoms with Crippen molar-refractivity contribution in [2.45, 2.75) is 60.8 Å². The summed E-state index contributed by atoms with van der Waals surface area (Å²) in [6.07, 6.45) is 16.4. The van der Waals surface area contributed by atoms with Gasteiger partial charge in [0.1, 0.15) is 0 Å². The van der Waals surface area contributed by atoms with Gasteiger partial charge in [0, 0.05) is 0 Å². The molecule has 6 unspecified atom stereocenters. The molecule has 0 aromatic carbocycles. The van der Waals surface area contributed by atoms with Crippen LogP contribution in [0.4, 0.5) is 0 Å². The number of halogens is 2. The predicted octanol–water partition coefficient (Wildman–Crippen LogP) is 0.651.